The average Bonchev–Trinajstić information content (AvgIpc) is 3.41. The number of nitrogens with one attached hydrogen (secondary N) is 1. The normalized spacial score (nSPS) is 14.3. The van der Waals surface area contributed by atoms with Gasteiger partial charge in [-0.15, -0.1) is 13.2 Å². The van der Waals surface area contributed by atoms with Crippen molar-refractivity contribution in [3.63, 3.8) is 0 Å². The van der Waals surface area contributed by atoms with E-state index in [2.05, 4.69) is 26.3 Å². The summed E-state index contributed by atoms with van der Waals surface area (Å²) in [6, 6.07) is 7.02. The molecular weight excluding hydrogens is 456 g/mol. The number of aromatic nitrogens is 5. The standard InChI is InChI=1S/C22H16F4N6O2/c1-12(23)21(33)31-9-13(10-31)19-18-16(17-8-27-11-29-17)6-7-28-20(18)32(30-19)14-2-4-15(5-3-14)34-22(24,25)26/h2-8,11,13H,1,9-10H2,(H,27,29). The van der Waals surface area contributed by atoms with E-state index in [4.69, 9.17) is 5.10 Å². The van der Waals surface area contributed by atoms with Gasteiger partial charge in [-0.1, -0.05) is 6.58 Å². The number of alkyl halides is 3. The summed E-state index contributed by atoms with van der Waals surface area (Å²) >= 11 is 0. The zero-order chi connectivity index (χ0) is 24.0. The van der Waals surface area contributed by atoms with Crippen LogP contribution >= 0.6 is 0 Å². The molecule has 0 radical (unpaired) electrons. The second-order valence-corrected chi connectivity index (χ2v) is 7.66. The summed E-state index contributed by atoms with van der Waals surface area (Å²) in [7, 11) is 0. The van der Waals surface area contributed by atoms with E-state index in [9.17, 15) is 22.4 Å². The van der Waals surface area contributed by atoms with Crippen molar-refractivity contribution < 1.29 is 27.1 Å². The van der Waals surface area contributed by atoms with Crippen LogP contribution in [0.1, 0.15) is 11.6 Å². The van der Waals surface area contributed by atoms with Gasteiger partial charge < -0.3 is 14.6 Å². The Morgan fingerprint density at radius 2 is 1.88 bits per heavy atom. The molecule has 12 heteroatoms. The number of ether oxygens (including phenoxy) is 1. The summed E-state index contributed by atoms with van der Waals surface area (Å²) in [5.74, 6) is -2.38. The molecule has 1 aromatic carbocycles. The minimum atomic E-state index is -4.80. The summed E-state index contributed by atoms with van der Waals surface area (Å²) in [6.07, 6.45) is 0.0230. The Balaban J connectivity index is 1.58. The van der Waals surface area contributed by atoms with Crippen LogP contribution in [0.5, 0.6) is 5.75 Å². The fraction of sp³-hybridized carbons (Fsp3) is 0.182. The lowest BCUT2D eigenvalue weighted by atomic mass is 9.92. The molecule has 3 aromatic heterocycles. The van der Waals surface area contributed by atoms with Crippen LogP contribution in [-0.2, 0) is 4.79 Å². The summed E-state index contributed by atoms with van der Waals surface area (Å²) in [5, 5.41) is 5.38. The van der Waals surface area contributed by atoms with Crippen LogP contribution in [-0.4, -0.2) is 55.0 Å². The van der Waals surface area contributed by atoms with Crippen molar-refractivity contribution in [1.29, 1.82) is 0 Å². The fourth-order valence-electron chi connectivity index (χ4n) is 3.93. The quantitative estimate of drug-likeness (QED) is 0.349. The number of amides is 1. The fourth-order valence-corrected chi connectivity index (χ4v) is 3.93. The highest BCUT2D eigenvalue weighted by Crippen LogP contribution is 2.37. The van der Waals surface area contributed by atoms with Crippen molar-refractivity contribution in [3.05, 3.63) is 67.2 Å². The first-order chi connectivity index (χ1) is 16.2. The highest BCUT2D eigenvalue weighted by molar-refractivity contribution is 5.96. The third kappa shape index (κ3) is 3.87. The van der Waals surface area contributed by atoms with Gasteiger partial charge in [0.2, 0.25) is 0 Å². The topological polar surface area (TPSA) is 88.9 Å². The number of nitrogens with zero attached hydrogens (tertiary/aromatic N) is 5. The highest BCUT2D eigenvalue weighted by atomic mass is 19.4. The van der Waals surface area contributed by atoms with Gasteiger partial charge in [0.1, 0.15) is 5.75 Å². The van der Waals surface area contributed by atoms with Gasteiger partial charge in [0.25, 0.3) is 5.91 Å². The summed E-state index contributed by atoms with van der Waals surface area (Å²) in [6.45, 7) is 3.52. The molecule has 34 heavy (non-hydrogen) atoms. The van der Waals surface area contributed by atoms with Crippen molar-refractivity contribution >= 4 is 16.9 Å². The Hall–Kier alpha value is -4.22. The van der Waals surface area contributed by atoms with Crippen molar-refractivity contribution in [2.75, 3.05) is 13.1 Å². The SMILES string of the molecule is C=C(F)C(=O)N1CC(c2nn(-c3ccc(OC(F)(F)F)cc3)c3nccc(-c4c[nH]cn4)c23)C1. The molecule has 1 aliphatic heterocycles. The monoisotopic (exact) mass is 472 g/mol. The first kappa shape index (κ1) is 21.6. The van der Waals surface area contributed by atoms with Gasteiger partial charge in [0.05, 0.1) is 28.8 Å². The second kappa shape index (κ2) is 7.97. The average molecular weight is 472 g/mol. The lowest BCUT2D eigenvalue weighted by Gasteiger charge is -2.38. The number of halogens is 4. The lowest BCUT2D eigenvalue weighted by Crippen LogP contribution is -2.48. The molecule has 1 N–H and O–H groups in total. The molecule has 1 fully saturated rings. The Morgan fingerprint density at radius 3 is 2.50 bits per heavy atom. The van der Waals surface area contributed by atoms with E-state index in [0.717, 1.165) is 5.56 Å². The van der Waals surface area contributed by atoms with Crippen LogP contribution in [0.15, 0.2) is 61.5 Å². The maximum atomic E-state index is 13.3. The summed E-state index contributed by atoms with van der Waals surface area (Å²) in [4.78, 5) is 24.9. The molecule has 174 valence electrons. The molecular formula is C22H16F4N6O2. The molecule has 8 nitrogen and oxygen atoms in total. The van der Waals surface area contributed by atoms with E-state index in [1.54, 1.807) is 18.5 Å². The largest absolute Gasteiger partial charge is 0.573 e. The Bertz CT molecular complexity index is 1370. The molecule has 1 saturated heterocycles. The molecule has 0 spiro atoms. The predicted molar refractivity (Wildman–Crippen MR) is 113 cm³/mol. The van der Waals surface area contributed by atoms with Crippen molar-refractivity contribution in [2.45, 2.75) is 12.3 Å². The zero-order valence-electron chi connectivity index (χ0n) is 17.4. The van der Waals surface area contributed by atoms with Crippen LogP contribution in [0.3, 0.4) is 0 Å². The predicted octanol–water partition coefficient (Wildman–Crippen LogP) is 4.12. The molecule has 0 saturated carbocycles. The number of hydrogen-bond donors (Lipinski definition) is 1. The van der Waals surface area contributed by atoms with Gasteiger partial charge in [-0.25, -0.2) is 19.0 Å². The van der Waals surface area contributed by atoms with Gasteiger partial charge in [-0.3, -0.25) is 4.79 Å². The molecule has 1 amide bonds. The number of fused-ring (bicyclic) bond motifs is 1. The van der Waals surface area contributed by atoms with Crippen LogP contribution in [0.2, 0.25) is 0 Å². The number of imidazole rings is 1. The molecule has 1 aliphatic rings. The van der Waals surface area contributed by atoms with Gasteiger partial charge in [0.15, 0.2) is 11.5 Å². The second-order valence-electron chi connectivity index (χ2n) is 7.66. The number of likely N-dealkylation sites (tertiary alicyclic amines) is 1. The number of rotatable bonds is 5. The number of benzene rings is 1. The molecule has 4 heterocycles. The van der Waals surface area contributed by atoms with E-state index in [1.165, 1.54) is 40.2 Å². The van der Waals surface area contributed by atoms with Gasteiger partial charge in [-0.2, -0.15) is 5.10 Å². The van der Waals surface area contributed by atoms with Crippen molar-refractivity contribution in [2.24, 2.45) is 0 Å². The van der Waals surface area contributed by atoms with E-state index >= 15 is 0 Å². The third-order valence-corrected chi connectivity index (χ3v) is 5.47. The van der Waals surface area contributed by atoms with E-state index in [0.29, 0.717) is 28.1 Å². The van der Waals surface area contributed by atoms with Crippen LogP contribution in [0, 0.1) is 0 Å². The maximum absolute atomic E-state index is 13.3. The first-order valence-corrected chi connectivity index (χ1v) is 10.1. The number of carbonyl (C=O) groups is 1. The summed E-state index contributed by atoms with van der Waals surface area (Å²) < 4.78 is 56.2. The Morgan fingerprint density at radius 1 is 1.15 bits per heavy atom. The number of aromatic amines is 1. The van der Waals surface area contributed by atoms with Crippen LogP contribution in [0.4, 0.5) is 17.6 Å². The molecule has 0 bridgehead atoms. The Kier molecular flexibility index (Phi) is 5.07. The van der Waals surface area contributed by atoms with Gasteiger partial charge in [-0.05, 0) is 30.3 Å². The number of pyridine rings is 1. The summed E-state index contributed by atoms with van der Waals surface area (Å²) in [5.41, 5.74) is 2.92. The van der Waals surface area contributed by atoms with Crippen molar-refractivity contribution in [3.8, 4) is 22.7 Å². The molecule has 5 rings (SSSR count). The van der Waals surface area contributed by atoms with E-state index in [-0.39, 0.29) is 24.8 Å². The lowest BCUT2D eigenvalue weighted by molar-refractivity contribution is -0.274. The number of carbonyl (C=O) groups excluding carboxylic acids is 1. The number of H-pyrrole nitrogens is 1. The third-order valence-electron chi connectivity index (χ3n) is 5.47. The Labute approximate surface area is 189 Å². The smallest absolute Gasteiger partial charge is 0.406 e. The molecule has 0 unspecified atom stereocenters. The minimum absolute atomic E-state index is 0.207. The van der Waals surface area contributed by atoms with Crippen molar-refractivity contribution in [1.82, 2.24) is 29.6 Å². The highest BCUT2D eigenvalue weighted by Gasteiger charge is 2.37. The van der Waals surface area contributed by atoms with Gasteiger partial charge in [0, 0.05) is 37.0 Å². The molecule has 4 aromatic rings. The molecule has 0 aliphatic carbocycles. The first-order valence-electron chi connectivity index (χ1n) is 10.1. The van der Waals surface area contributed by atoms with Gasteiger partial charge >= 0.3 is 6.36 Å². The zero-order valence-corrected chi connectivity index (χ0v) is 17.4. The maximum Gasteiger partial charge on any atom is 0.573 e. The van der Waals surface area contributed by atoms with E-state index in [1.807, 2.05) is 0 Å². The van der Waals surface area contributed by atoms with E-state index < -0.39 is 18.1 Å². The van der Waals surface area contributed by atoms with Crippen LogP contribution in [0.25, 0.3) is 28.0 Å². The molecule has 0 atom stereocenters. The minimum Gasteiger partial charge on any atom is -0.406 e. The number of hydrogen-bond acceptors (Lipinski definition) is 5. The van der Waals surface area contributed by atoms with Crippen LogP contribution < -0.4 is 4.74 Å².